The Labute approximate surface area is 192 Å². The van der Waals surface area contributed by atoms with Crippen LogP contribution in [0.1, 0.15) is 31.2 Å². The number of thiazole rings is 1. The maximum absolute atomic E-state index is 12.8. The monoisotopic (exact) mass is 448 g/mol. The Morgan fingerprint density at radius 1 is 0.969 bits per heavy atom. The summed E-state index contributed by atoms with van der Waals surface area (Å²) >= 11 is 1.68. The topological polar surface area (TPSA) is 65.5 Å². The van der Waals surface area contributed by atoms with Crippen LogP contribution in [0.25, 0.3) is 20.8 Å². The summed E-state index contributed by atoms with van der Waals surface area (Å²) in [7, 11) is 0. The van der Waals surface area contributed by atoms with Crippen molar-refractivity contribution in [1.29, 1.82) is 0 Å². The molecule has 0 aliphatic carbocycles. The Bertz CT molecular complexity index is 1130. The number of hydrogen-bond donors (Lipinski definition) is 1. The minimum absolute atomic E-state index is 0.0430. The quantitative estimate of drug-likeness (QED) is 0.603. The van der Waals surface area contributed by atoms with Gasteiger partial charge in [-0.2, -0.15) is 0 Å². The molecule has 7 heteroatoms. The highest BCUT2D eigenvalue weighted by Gasteiger charge is 2.30. The van der Waals surface area contributed by atoms with Crippen molar-refractivity contribution >= 4 is 39.2 Å². The Hall–Kier alpha value is -2.93. The van der Waals surface area contributed by atoms with E-state index in [0.29, 0.717) is 25.9 Å². The summed E-state index contributed by atoms with van der Waals surface area (Å²) in [5, 5.41) is 4.04. The maximum atomic E-state index is 12.8. The molecule has 2 aromatic carbocycles. The summed E-state index contributed by atoms with van der Waals surface area (Å²) in [6.07, 6.45) is 3.63. The Morgan fingerprint density at radius 2 is 1.66 bits per heavy atom. The van der Waals surface area contributed by atoms with E-state index in [1.54, 1.807) is 11.3 Å². The van der Waals surface area contributed by atoms with Gasteiger partial charge >= 0.3 is 6.03 Å². The molecule has 0 atom stereocenters. The van der Waals surface area contributed by atoms with Crippen molar-refractivity contribution in [2.24, 2.45) is 5.92 Å². The molecule has 3 heterocycles. The molecule has 5 rings (SSSR count). The Morgan fingerprint density at radius 3 is 2.38 bits per heavy atom. The molecule has 1 N–H and O–H groups in total. The standard InChI is InChI=1S/C25H28N4O2S/c1-17-4-9-21-22(16-17)32-24(27-21)19-5-7-20(8-6-19)26-23(30)18-10-14-29(15-11-18)25(31)28-12-2-3-13-28/h4-9,16,18H,2-3,10-15H2,1H3,(H,26,30). The van der Waals surface area contributed by atoms with Gasteiger partial charge in [0.25, 0.3) is 0 Å². The summed E-state index contributed by atoms with van der Waals surface area (Å²) in [5.74, 6) is -0.00806. The number of carbonyl (C=O) groups is 2. The molecule has 0 spiro atoms. The van der Waals surface area contributed by atoms with Gasteiger partial charge < -0.3 is 15.1 Å². The normalized spacial score (nSPS) is 17.2. The van der Waals surface area contributed by atoms with Crippen LogP contribution in [0.3, 0.4) is 0 Å². The molecule has 2 saturated heterocycles. The van der Waals surface area contributed by atoms with E-state index in [1.807, 2.05) is 34.1 Å². The summed E-state index contributed by atoms with van der Waals surface area (Å²) in [4.78, 5) is 33.9. The zero-order chi connectivity index (χ0) is 22.1. The number of urea groups is 1. The number of amides is 3. The molecule has 0 bridgehead atoms. The number of fused-ring (bicyclic) bond motifs is 1. The zero-order valence-corrected chi connectivity index (χ0v) is 19.2. The van der Waals surface area contributed by atoms with Crippen LogP contribution >= 0.6 is 11.3 Å². The summed E-state index contributed by atoms with van der Waals surface area (Å²) in [6.45, 7) is 5.14. The minimum atomic E-state index is -0.0511. The predicted molar refractivity (Wildman–Crippen MR) is 129 cm³/mol. The Balaban J connectivity index is 1.17. The van der Waals surface area contributed by atoms with E-state index in [4.69, 9.17) is 4.98 Å². The van der Waals surface area contributed by atoms with Crippen LogP contribution in [0, 0.1) is 12.8 Å². The van der Waals surface area contributed by atoms with Crippen LogP contribution in [-0.2, 0) is 4.79 Å². The zero-order valence-electron chi connectivity index (χ0n) is 18.3. The largest absolute Gasteiger partial charge is 0.326 e. The van der Waals surface area contributed by atoms with Crippen molar-refractivity contribution < 1.29 is 9.59 Å². The molecule has 0 radical (unpaired) electrons. The molecular formula is C25H28N4O2S. The lowest BCUT2D eigenvalue weighted by Gasteiger charge is -2.34. The third kappa shape index (κ3) is 4.35. The number of rotatable bonds is 3. The van der Waals surface area contributed by atoms with Gasteiger partial charge in [-0.1, -0.05) is 6.07 Å². The van der Waals surface area contributed by atoms with Crippen LogP contribution in [0.4, 0.5) is 10.5 Å². The Kier molecular flexibility index (Phi) is 5.83. The van der Waals surface area contributed by atoms with E-state index >= 15 is 0 Å². The van der Waals surface area contributed by atoms with Crippen molar-refractivity contribution in [3.63, 3.8) is 0 Å². The number of piperidine rings is 1. The first-order valence-electron chi connectivity index (χ1n) is 11.4. The summed E-state index contributed by atoms with van der Waals surface area (Å²) in [5.41, 5.74) is 4.10. The molecule has 3 aromatic rings. The van der Waals surface area contributed by atoms with Crippen LogP contribution in [0.2, 0.25) is 0 Å². The number of anilines is 1. The minimum Gasteiger partial charge on any atom is -0.326 e. The van der Waals surface area contributed by atoms with Crippen molar-refractivity contribution in [2.75, 3.05) is 31.5 Å². The van der Waals surface area contributed by atoms with Crippen LogP contribution in [0.5, 0.6) is 0 Å². The second-order valence-electron chi connectivity index (χ2n) is 8.79. The fourth-order valence-electron chi connectivity index (χ4n) is 4.54. The number of nitrogens with one attached hydrogen (secondary N) is 1. The maximum Gasteiger partial charge on any atom is 0.319 e. The van der Waals surface area contributed by atoms with E-state index in [0.717, 1.165) is 47.7 Å². The van der Waals surface area contributed by atoms with Crippen molar-refractivity contribution in [3.05, 3.63) is 48.0 Å². The van der Waals surface area contributed by atoms with Gasteiger partial charge in [-0.15, -0.1) is 11.3 Å². The number of benzene rings is 2. The van der Waals surface area contributed by atoms with Gasteiger partial charge in [0.1, 0.15) is 5.01 Å². The van der Waals surface area contributed by atoms with Gasteiger partial charge in [0.05, 0.1) is 10.2 Å². The van der Waals surface area contributed by atoms with E-state index < -0.39 is 0 Å². The lowest BCUT2D eigenvalue weighted by molar-refractivity contribution is -0.121. The third-order valence-electron chi connectivity index (χ3n) is 6.46. The second-order valence-corrected chi connectivity index (χ2v) is 9.83. The molecule has 32 heavy (non-hydrogen) atoms. The van der Waals surface area contributed by atoms with E-state index in [2.05, 4.69) is 30.4 Å². The van der Waals surface area contributed by atoms with Gasteiger partial charge in [0, 0.05) is 43.3 Å². The van der Waals surface area contributed by atoms with Gasteiger partial charge in [0.15, 0.2) is 0 Å². The first kappa shape index (κ1) is 20.9. The molecule has 2 aliphatic heterocycles. The average molecular weight is 449 g/mol. The van der Waals surface area contributed by atoms with Crippen LogP contribution in [0.15, 0.2) is 42.5 Å². The highest BCUT2D eigenvalue weighted by molar-refractivity contribution is 7.21. The second kappa shape index (κ2) is 8.90. The molecule has 1 aromatic heterocycles. The lowest BCUT2D eigenvalue weighted by atomic mass is 9.96. The fraction of sp³-hybridized carbons (Fsp3) is 0.400. The molecule has 0 unspecified atom stereocenters. The van der Waals surface area contributed by atoms with Gasteiger partial charge in [-0.3, -0.25) is 4.79 Å². The van der Waals surface area contributed by atoms with Crippen LogP contribution in [-0.4, -0.2) is 52.9 Å². The number of aryl methyl sites for hydroxylation is 1. The molecule has 2 fully saturated rings. The van der Waals surface area contributed by atoms with Gasteiger partial charge in [0.2, 0.25) is 5.91 Å². The van der Waals surface area contributed by atoms with Crippen molar-refractivity contribution in [3.8, 4) is 10.6 Å². The number of hydrogen-bond acceptors (Lipinski definition) is 4. The lowest BCUT2D eigenvalue weighted by Crippen LogP contribution is -2.47. The molecule has 3 amide bonds. The first-order valence-corrected chi connectivity index (χ1v) is 12.2. The fourth-order valence-corrected chi connectivity index (χ4v) is 5.61. The predicted octanol–water partition coefficient (Wildman–Crippen LogP) is 5.14. The average Bonchev–Trinajstić information content (AvgIpc) is 3.49. The highest BCUT2D eigenvalue weighted by Crippen LogP contribution is 2.31. The van der Waals surface area contributed by atoms with E-state index in [9.17, 15) is 9.59 Å². The molecule has 6 nitrogen and oxygen atoms in total. The van der Waals surface area contributed by atoms with Crippen LogP contribution < -0.4 is 5.32 Å². The van der Waals surface area contributed by atoms with Crippen molar-refractivity contribution in [1.82, 2.24) is 14.8 Å². The smallest absolute Gasteiger partial charge is 0.319 e. The number of likely N-dealkylation sites (tertiary alicyclic amines) is 2. The summed E-state index contributed by atoms with van der Waals surface area (Å²) in [6, 6.07) is 14.3. The van der Waals surface area contributed by atoms with Crippen molar-refractivity contribution in [2.45, 2.75) is 32.6 Å². The number of aromatic nitrogens is 1. The molecular weight excluding hydrogens is 420 g/mol. The SMILES string of the molecule is Cc1ccc2nc(-c3ccc(NC(=O)C4CCN(C(=O)N5CCCC5)CC4)cc3)sc2c1. The van der Waals surface area contributed by atoms with Gasteiger partial charge in [-0.05, 0) is 74.6 Å². The third-order valence-corrected chi connectivity index (χ3v) is 7.52. The molecule has 2 aliphatic rings. The first-order chi connectivity index (χ1) is 15.6. The van der Waals surface area contributed by atoms with Gasteiger partial charge in [-0.25, -0.2) is 9.78 Å². The van der Waals surface area contributed by atoms with E-state index in [-0.39, 0.29) is 17.9 Å². The van der Waals surface area contributed by atoms with E-state index in [1.165, 1.54) is 10.3 Å². The highest BCUT2D eigenvalue weighted by atomic mass is 32.1. The molecule has 166 valence electrons. The number of nitrogens with zero attached hydrogens (tertiary/aromatic N) is 3. The summed E-state index contributed by atoms with van der Waals surface area (Å²) < 4.78 is 1.19. The molecule has 0 saturated carbocycles. The number of carbonyl (C=O) groups excluding carboxylic acids is 2.